The summed E-state index contributed by atoms with van der Waals surface area (Å²) in [6.07, 6.45) is 5.90. The Bertz CT molecular complexity index is 691. The number of benzene rings is 1. The number of fused-ring (bicyclic) bond motifs is 1. The lowest BCUT2D eigenvalue weighted by atomic mass is 9.99. The van der Waals surface area contributed by atoms with Crippen LogP contribution in [0.4, 0.5) is 0 Å². The molecule has 1 aromatic carbocycles. The van der Waals surface area contributed by atoms with Crippen LogP contribution in [0.5, 0.6) is 0 Å². The highest BCUT2D eigenvalue weighted by atomic mass is 32.1. The van der Waals surface area contributed by atoms with Gasteiger partial charge in [-0.15, -0.1) is 11.3 Å². The van der Waals surface area contributed by atoms with Crippen molar-refractivity contribution < 1.29 is 0 Å². The zero-order valence-corrected chi connectivity index (χ0v) is 13.1. The van der Waals surface area contributed by atoms with Gasteiger partial charge in [0.05, 0.1) is 0 Å². The minimum atomic E-state index is 0.364. The SMILES string of the molecule is CCCNC(Cc1ccncc1)c1csc2ccccc12. The minimum Gasteiger partial charge on any atom is -0.310 e. The molecule has 0 fully saturated rings. The monoisotopic (exact) mass is 296 g/mol. The number of rotatable bonds is 6. The van der Waals surface area contributed by atoms with Gasteiger partial charge in [-0.25, -0.2) is 0 Å². The maximum absolute atomic E-state index is 4.11. The lowest BCUT2D eigenvalue weighted by Crippen LogP contribution is -2.23. The smallest absolute Gasteiger partial charge is 0.0375 e. The average Bonchev–Trinajstić information content (AvgIpc) is 2.96. The Morgan fingerprint density at radius 1 is 1.14 bits per heavy atom. The Morgan fingerprint density at radius 3 is 2.76 bits per heavy atom. The molecule has 0 saturated carbocycles. The van der Waals surface area contributed by atoms with Gasteiger partial charge in [-0.3, -0.25) is 4.98 Å². The number of nitrogens with zero attached hydrogens (tertiary/aromatic N) is 1. The highest BCUT2D eigenvalue weighted by Gasteiger charge is 2.15. The van der Waals surface area contributed by atoms with E-state index in [-0.39, 0.29) is 0 Å². The van der Waals surface area contributed by atoms with E-state index in [9.17, 15) is 0 Å². The van der Waals surface area contributed by atoms with Gasteiger partial charge in [0.15, 0.2) is 0 Å². The predicted molar refractivity (Wildman–Crippen MR) is 90.8 cm³/mol. The summed E-state index contributed by atoms with van der Waals surface area (Å²) in [5.41, 5.74) is 2.75. The lowest BCUT2D eigenvalue weighted by molar-refractivity contribution is 0.533. The summed E-state index contributed by atoms with van der Waals surface area (Å²) in [6, 6.07) is 13.2. The number of nitrogens with one attached hydrogen (secondary N) is 1. The third-order valence-electron chi connectivity index (χ3n) is 3.72. The quantitative estimate of drug-likeness (QED) is 0.720. The van der Waals surface area contributed by atoms with Crippen LogP contribution in [0.3, 0.4) is 0 Å². The fourth-order valence-corrected chi connectivity index (χ4v) is 3.65. The van der Waals surface area contributed by atoms with E-state index >= 15 is 0 Å². The van der Waals surface area contributed by atoms with Crippen LogP contribution in [0.1, 0.15) is 30.5 Å². The van der Waals surface area contributed by atoms with E-state index in [0.717, 1.165) is 19.4 Å². The Labute approximate surface area is 129 Å². The van der Waals surface area contributed by atoms with E-state index in [2.05, 4.69) is 59.0 Å². The van der Waals surface area contributed by atoms with E-state index in [0.29, 0.717) is 6.04 Å². The van der Waals surface area contributed by atoms with Gasteiger partial charge in [0.2, 0.25) is 0 Å². The molecule has 2 nitrogen and oxygen atoms in total. The molecule has 0 amide bonds. The normalized spacial score (nSPS) is 12.6. The number of hydrogen-bond acceptors (Lipinski definition) is 3. The first-order valence-electron chi connectivity index (χ1n) is 7.47. The molecule has 0 aliphatic heterocycles. The molecule has 3 rings (SSSR count). The molecule has 21 heavy (non-hydrogen) atoms. The van der Waals surface area contributed by atoms with E-state index < -0.39 is 0 Å². The predicted octanol–water partition coefficient (Wildman–Crippen LogP) is 4.58. The van der Waals surface area contributed by atoms with Gasteiger partial charge >= 0.3 is 0 Å². The lowest BCUT2D eigenvalue weighted by Gasteiger charge is -2.18. The first-order valence-corrected chi connectivity index (χ1v) is 8.35. The van der Waals surface area contributed by atoms with Crippen LogP contribution in [0, 0.1) is 0 Å². The summed E-state index contributed by atoms with van der Waals surface area (Å²) in [4.78, 5) is 4.11. The molecule has 3 heteroatoms. The molecule has 0 aliphatic rings. The van der Waals surface area contributed by atoms with Gasteiger partial charge in [-0.1, -0.05) is 25.1 Å². The summed E-state index contributed by atoms with van der Waals surface area (Å²) in [5.74, 6) is 0. The van der Waals surface area contributed by atoms with Gasteiger partial charge in [0.1, 0.15) is 0 Å². The standard InChI is InChI=1S/C18H20N2S/c1-2-9-20-17(12-14-7-10-19-11-8-14)16-13-21-18-6-4-3-5-15(16)18/h3-8,10-11,13,17,20H,2,9,12H2,1H3. The minimum absolute atomic E-state index is 0.364. The topological polar surface area (TPSA) is 24.9 Å². The molecule has 0 spiro atoms. The Balaban J connectivity index is 1.91. The van der Waals surface area contributed by atoms with Crippen molar-refractivity contribution >= 4 is 21.4 Å². The molecule has 3 aromatic rings. The van der Waals surface area contributed by atoms with Crippen LogP contribution in [0.2, 0.25) is 0 Å². The molecule has 0 bridgehead atoms. The second-order valence-corrected chi connectivity index (χ2v) is 6.16. The van der Waals surface area contributed by atoms with E-state index in [4.69, 9.17) is 0 Å². The fraction of sp³-hybridized carbons (Fsp3) is 0.278. The number of aromatic nitrogens is 1. The molecule has 2 heterocycles. The number of hydrogen-bond donors (Lipinski definition) is 1. The molecule has 1 unspecified atom stereocenters. The Kier molecular flexibility index (Phi) is 4.63. The maximum atomic E-state index is 4.11. The zero-order chi connectivity index (χ0) is 14.5. The number of thiophene rings is 1. The van der Waals surface area contributed by atoms with Crippen LogP contribution in [-0.4, -0.2) is 11.5 Å². The second-order valence-electron chi connectivity index (χ2n) is 5.25. The molecule has 2 aromatic heterocycles. The van der Waals surface area contributed by atoms with Crippen molar-refractivity contribution in [2.75, 3.05) is 6.54 Å². The molecular formula is C18H20N2S. The second kappa shape index (κ2) is 6.83. The van der Waals surface area contributed by atoms with Gasteiger partial charge in [0.25, 0.3) is 0 Å². The van der Waals surface area contributed by atoms with Gasteiger partial charge in [-0.2, -0.15) is 0 Å². The van der Waals surface area contributed by atoms with Crippen LogP contribution < -0.4 is 5.32 Å². The van der Waals surface area contributed by atoms with E-state index in [1.54, 1.807) is 0 Å². The highest BCUT2D eigenvalue weighted by molar-refractivity contribution is 7.17. The van der Waals surface area contributed by atoms with Gasteiger partial charge < -0.3 is 5.32 Å². The molecule has 108 valence electrons. The zero-order valence-electron chi connectivity index (χ0n) is 12.3. The molecule has 0 saturated heterocycles. The number of pyridine rings is 1. The summed E-state index contributed by atoms with van der Waals surface area (Å²) in [7, 11) is 0. The summed E-state index contributed by atoms with van der Waals surface area (Å²) in [5, 5.41) is 7.38. The first-order chi connectivity index (χ1) is 10.4. The summed E-state index contributed by atoms with van der Waals surface area (Å²) >= 11 is 1.83. The van der Waals surface area contributed by atoms with Crippen molar-refractivity contribution in [1.29, 1.82) is 0 Å². The molecule has 1 N–H and O–H groups in total. The van der Waals surface area contributed by atoms with Crippen molar-refractivity contribution in [1.82, 2.24) is 10.3 Å². The summed E-state index contributed by atoms with van der Waals surface area (Å²) < 4.78 is 1.37. The Hall–Kier alpha value is -1.71. The van der Waals surface area contributed by atoms with Gasteiger partial charge in [0, 0.05) is 23.1 Å². The van der Waals surface area contributed by atoms with Gasteiger partial charge in [-0.05, 0) is 59.5 Å². The fourth-order valence-electron chi connectivity index (χ4n) is 2.63. The van der Waals surface area contributed by atoms with Crippen molar-refractivity contribution in [2.45, 2.75) is 25.8 Å². The molecule has 0 aliphatic carbocycles. The third-order valence-corrected chi connectivity index (χ3v) is 4.70. The van der Waals surface area contributed by atoms with Crippen molar-refractivity contribution in [3.05, 3.63) is 65.3 Å². The molecular weight excluding hydrogens is 276 g/mol. The molecule has 0 radical (unpaired) electrons. The average molecular weight is 296 g/mol. The largest absolute Gasteiger partial charge is 0.310 e. The van der Waals surface area contributed by atoms with Crippen molar-refractivity contribution in [3.8, 4) is 0 Å². The van der Waals surface area contributed by atoms with Crippen molar-refractivity contribution in [3.63, 3.8) is 0 Å². The van der Waals surface area contributed by atoms with E-state index in [1.807, 2.05) is 23.7 Å². The highest BCUT2D eigenvalue weighted by Crippen LogP contribution is 2.31. The molecule has 1 atom stereocenters. The van der Waals surface area contributed by atoms with Crippen molar-refractivity contribution in [2.24, 2.45) is 0 Å². The van der Waals surface area contributed by atoms with Crippen LogP contribution in [0.25, 0.3) is 10.1 Å². The maximum Gasteiger partial charge on any atom is 0.0375 e. The Morgan fingerprint density at radius 2 is 1.95 bits per heavy atom. The van der Waals surface area contributed by atoms with E-state index in [1.165, 1.54) is 21.2 Å². The van der Waals surface area contributed by atoms with Crippen LogP contribution in [-0.2, 0) is 6.42 Å². The first kappa shape index (κ1) is 14.2. The van der Waals surface area contributed by atoms with Crippen LogP contribution in [0.15, 0.2) is 54.2 Å². The summed E-state index contributed by atoms with van der Waals surface area (Å²) in [6.45, 7) is 3.25. The van der Waals surface area contributed by atoms with Crippen LogP contribution >= 0.6 is 11.3 Å². The third kappa shape index (κ3) is 3.31.